The zero-order valence-corrected chi connectivity index (χ0v) is 19.6. The van der Waals surface area contributed by atoms with Crippen LogP contribution in [-0.4, -0.2) is 39.6 Å². The van der Waals surface area contributed by atoms with E-state index in [9.17, 15) is 4.79 Å². The van der Waals surface area contributed by atoms with Gasteiger partial charge in [-0.15, -0.1) is 0 Å². The molecule has 166 valence electrons. The summed E-state index contributed by atoms with van der Waals surface area (Å²) >= 11 is 1.47. The van der Waals surface area contributed by atoms with Crippen LogP contribution in [0.15, 0.2) is 71.8 Å². The number of fused-ring (bicyclic) bond motifs is 4. The lowest BCUT2D eigenvalue weighted by Crippen LogP contribution is -2.31. The molecule has 0 atom stereocenters. The van der Waals surface area contributed by atoms with Crippen molar-refractivity contribution in [2.24, 2.45) is 0 Å². The smallest absolute Gasteiger partial charge is 0.232 e. The molecule has 1 aromatic heterocycles. The fourth-order valence-corrected chi connectivity index (χ4v) is 5.12. The standard InChI is InChI=1S/C27H25N3O2S/c1-3-30(4-2)24(31)17-33-27-22-16-21-20-13-9-8-10-18(20)14-15-23(21)32-26(22)28-25(29-27)19-11-6-5-7-12-19/h5-15H,3-4,16-17H2,1-2H3. The monoisotopic (exact) mass is 455 g/mol. The average Bonchev–Trinajstić information content (AvgIpc) is 2.87. The Hall–Kier alpha value is -3.38. The minimum Gasteiger partial charge on any atom is -0.438 e. The first-order valence-corrected chi connectivity index (χ1v) is 12.2. The van der Waals surface area contributed by atoms with Gasteiger partial charge < -0.3 is 9.64 Å². The van der Waals surface area contributed by atoms with Crippen LogP contribution in [-0.2, 0) is 11.2 Å². The molecule has 0 aliphatic carbocycles. The van der Waals surface area contributed by atoms with Crippen molar-refractivity contribution >= 4 is 28.4 Å². The lowest BCUT2D eigenvalue weighted by molar-refractivity contribution is -0.127. The van der Waals surface area contributed by atoms with E-state index < -0.39 is 0 Å². The number of rotatable bonds is 6. The van der Waals surface area contributed by atoms with Crippen molar-refractivity contribution in [1.82, 2.24) is 14.9 Å². The van der Waals surface area contributed by atoms with Crippen LogP contribution in [0.3, 0.4) is 0 Å². The summed E-state index contributed by atoms with van der Waals surface area (Å²) in [5.41, 5.74) is 2.99. The molecule has 1 amide bonds. The van der Waals surface area contributed by atoms with E-state index in [0.717, 1.165) is 27.5 Å². The first kappa shape index (κ1) is 21.5. The van der Waals surface area contributed by atoms with Crippen LogP contribution in [0.4, 0.5) is 0 Å². The van der Waals surface area contributed by atoms with Gasteiger partial charge in [0.15, 0.2) is 5.82 Å². The van der Waals surface area contributed by atoms with Crippen LogP contribution in [0, 0.1) is 0 Å². The molecule has 0 N–H and O–H groups in total. The van der Waals surface area contributed by atoms with Crippen LogP contribution in [0.2, 0.25) is 0 Å². The topological polar surface area (TPSA) is 55.3 Å². The van der Waals surface area contributed by atoms with Crippen molar-refractivity contribution in [3.8, 4) is 23.0 Å². The summed E-state index contributed by atoms with van der Waals surface area (Å²) in [6.45, 7) is 5.41. The number of hydrogen-bond acceptors (Lipinski definition) is 5. The molecule has 0 radical (unpaired) electrons. The van der Waals surface area contributed by atoms with Crippen molar-refractivity contribution in [2.45, 2.75) is 25.3 Å². The van der Waals surface area contributed by atoms with Crippen molar-refractivity contribution in [3.05, 3.63) is 77.9 Å². The number of benzene rings is 3. The molecule has 1 aliphatic heterocycles. The van der Waals surface area contributed by atoms with Crippen LogP contribution in [0.5, 0.6) is 11.6 Å². The molecule has 5 rings (SSSR count). The van der Waals surface area contributed by atoms with Crippen molar-refractivity contribution in [1.29, 1.82) is 0 Å². The molecule has 0 unspecified atom stereocenters. The molecule has 0 bridgehead atoms. The second kappa shape index (κ2) is 9.24. The normalized spacial score (nSPS) is 12.1. The van der Waals surface area contributed by atoms with Gasteiger partial charge in [-0.05, 0) is 30.7 Å². The molecule has 4 aromatic rings. The Morgan fingerprint density at radius 1 is 0.939 bits per heavy atom. The Bertz CT molecular complexity index is 1320. The third-order valence-corrected chi connectivity index (χ3v) is 6.97. The van der Waals surface area contributed by atoms with Gasteiger partial charge in [0.2, 0.25) is 11.8 Å². The maximum Gasteiger partial charge on any atom is 0.232 e. The number of nitrogens with zero attached hydrogens (tertiary/aromatic N) is 3. The van der Waals surface area contributed by atoms with Gasteiger partial charge >= 0.3 is 0 Å². The van der Waals surface area contributed by atoms with Gasteiger partial charge in [0.05, 0.1) is 11.3 Å². The fourth-order valence-electron chi connectivity index (χ4n) is 4.19. The first-order valence-electron chi connectivity index (χ1n) is 11.2. The van der Waals surface area contributed by atoms with E-state index in [1.54, 1.807) is 0 Å². The van der Waals surface area contributed by atoms with Crippen LogP contribution in [0.1, 0.15) is 25.0 Å². The molecule has 6 heteroatoms. The zero-order chi connectivity index (χ0) is 22.8. The molecule has 0 saturated carbocycles. The van der Waals surface area contributed by atoms with Gasteiger partial charge in [-0.3, -0.25) is 4.79 Å². The second-order valence-corrected chi connectivity index (χ2v) is 8.86. The Balaban J connectivity index is 1.57. The molecule has 1 aliphatic rings. The van der Waals surface area contributed by atoms with Gasteiger partial charge in [-0.2, -0.15) is 4.98 Å². The first-order chi connectivity index (χ1) is 16.2. The number of carbonyl (C=O) groups is 1. The van der Waals surface area contributed by atoms with Crippen LogP contribution >= 0.6 is 11.8 Å². The number of hydrogen-bond donors (Lipinski definition) is 0. The number of thioether (sulfide) groups is 1. The van der Waals surface area contributed by atoms with Gasteiger partial charge in [-0.25, -0.2) is 4.98 Å². The van der Waals surface area contributed by atoms with E-state index in [1.165, 1.54) is 22.5 Å². The predicted octanol–water partition coefficient (Wildman–Crippen LogP) is 5.95. The van der Waals surface area contributed by atoms with E-state index >= 15 is 0 Å². The third-order valence-electron chi connectivity index (χ3n) is 5.97. The highest BCUT2D eigenvalue weighted by atomic mass is 32.2. The molecule has 0 fully saturated rings. The lowest BCUT2D eigenvalue weighted by Gasteiger charge is -2.23. The molecule has 3 aromatic carbocycles. The largest absolute Gasteiger partial charge is 0.438 e. The van der Waals surface area contributed by atoms with Crippen molar-refractivity contribution in [3.63, 3.8) is 0 Å². The fraction of sp³-hybridized carbons (Fsp3) is 0.222. The maximum atomic E-state index is 12.7. The Morgan fingerprint density at radius 3 is 2.48 bits per heavy atom. The maximum absolute atomic E-state index is 12.7. The molecule has 0 spiro atoms. The lowest BCUT2D eigenvalue weighted by atomic mass is 9.97. The zero-order valence-electron chi connectivity index (χ0n) is 18.7. The van der Waals surface area contributed by atoms with E-state index in [1.807, 2.05) is 67.3 Å². The summed E-state index contributed by atoms with van der Waals surface area (Å²) in [6, 6.07) is 22.3. The molecule has 5 nitrogen and oxygen atoms in total. The quantitative estimate of drug-likeness (QED) is 0.234. The SMILES string of the molecule is CCN(CC)C(=O)CSc1nc(-c2ccccc2)nc2c1Cc1c(ccc3ccccc13)O2. The summed E-state index contributed by atoms with van der Waals surface area (Å²) in [5.74, 6) is 2.46. The summed E-state index contributed by atoms with van der Waals surface area (Å²) < 4.78 is 6.33. The van der Waals surface area contributed by atoms with Gasteiger partial charge in [0.1, 0.15) is 10.8 Å². The Morgan fingerprint density at radius 2 is 1.70 bits per heavy atom. The number of ether oxygens (including phenoxy) is 1. The number of amides is 1. The van der Waals surface area contributed by atoms with Gasteiger partial charge in [0, 0.05) is 30.6 Å². The minimum atomic E-state index is 0.112. The summed E-state index contributed by atoms with van der Waals surface area (Å²) in [5, 5.41) is 3.15. The van der Waals surface area contributed by atoms with Gasteiger partial charge in [-0.1, -0.05) is 72.4 Å². The molecule has 33 heavy (non-hydrogen) atoms. The second-order valence-electron chi connectivity index (χ2n) is 7.90. The molecular formula is C27H25N3O2S. The minimum absolute atomic E-state index is 0.112. The predicted molar refractivity (Wildman–Crippen MR) is 133 cm³/mol. The van der Waals surface area contributed by atoms with Crippen molar-refractivity contribution < 1.29 is 9.53 Å². The highest BCUT2D eigenvalue weighted by Gasteiger charge is 2.26. The van der Waals surface area contributed by atoms with E-state index in [4.69, 9.17) is 14.7 Å². The molecular weight excluding hydrogens is 430 g/mol. The van der Waals surface area contributed by atoms with E-state index in [0.29, 0.717) is 37.0 Å². The summed E-state index contributed by atoms with van der Waals surface area (Å²) in [6.07, 6.45) is 0.670. The Kier molecular flexibility index (Phi) is 6.01. The van der Waals surface area contributed by atoms with Crippen LogP contribution in [0.25, 0.3) is 22.2 Å². The van der Waals surface area contributed by atoms with Crippen LogP contribution < -0.4 is 4.74 Å². The summed E-state index contributed by atoms with van der Waals surface area (Å²) in [7, 11) is 0. The number of carbonyl (C=O) groups excluding carboxylic acids is 1. The van der Waals surface area contributed by atoms with Crippen molar-refractivity contribution in [2.75, 3.05) is 18.8 Å². The highest BCUT2D eigenvalue weighted by molar-refractivity contribution is 7.99. The van der Waals surface area contributed by atoms with E-state index in [-0.39, 0.29) is 5.91 Å². The third kappa shape index (κ3) is 4.18. The average molecular weight is 456 g/mol. The highest BCUT2D eigenvalue weighted by Crippen LogP contribution is 2.42. The molecule has 2 heterocycles. The molecule has 0 saturated heterocycles. The summed E-state index contributed by atoms with van der Waals surface area (Å²) in [4.78, 5) is 24.2. The van der Waals surface area contributed by atoms with E-state index in [2.05, 4.69) is 18.2 Å². The Labute approximate surface area is 197 Å². The number of aromatic nitrogens is 2. The van der Waals surface area contributed by atoms with Gasteiger partial charge in [0.25, 0.3) is 0 Å².